The molecule has 0 amide bonds. The van der Waals surface area contributed by atoms with Crippen molar-refractivity contribution in [1.29, 1.82) is 0 Å². The minimum absolute atomic E-state index is 0.0794. The van der Waals surface area contributed by atoms with Crippen molar-refractivity contribution in [3.63, 3.8) is 0 Å². The molecule has 0 aliphatic heterocycles. The van der Waals surface area contributed by atoms with Gasteiger partial charge < -0.3 is 9.73 Å². The molecular formula is C16H19N5O. The van der Waals surface area contributed by atoms with Crippen LogP contribution in [0.25, 0.3) is 11.5 Å². The largest absolute Gasteiger partial charge is 0.418 e. The second-order valence-corrected chi connectivity index (χ2v) is 5.17. The van der Waals surface area contributed by atoms with E-state index in [-0.39, 0.29) is 6.04 Å². The Morgan fingerprint density at radius 1 is 1.23 bits per heavy atom. The lowest BCUT2D eigenvalue weighted by Crippen LogP contribution is -2.06. The molecule has 114 valence electrons. The molecule has 0 bridgehead atoms. The lowest BCUT2D eigenvalue weighted by atomic mass is 10.2. The number of hydrogen-bond donors (Lipinski definition) is 1. The summed E-state index contributed by atoms with van der Waals surface area (Å²) in [6.45, 7) is 5.02. The van der Waals surface area contributed by atoms with Crippen molar-refractivity contribution < 1.29 is 4.42 Å². The molecule has 0 spiro atoms. The maximum Gasteiger partial charge on any atom is 0.247 e. The average molecular weight is 297 g/mol. The highest BCUT2D eigenvalue weighted by molar-refractivity contribution is 5.52. The third-order valence-corrected chi connectivity index (χ3v) is 3.30. The zero-order chi connectivity index (χ0) is 15.4. The van der Waals surface area contributed by atoms with Gasteiger partial charge in [-0.2, -0.15) is 5.10 Å². The minimum Gasteiger partial charge on any atom is -0.418 e. The second kappa shape index (κ2) is 6.43. The Balaban J connectivity index is 1.70. The number of nitrogens with one attached hydrogen (secondary N) is 1. The number of rotatable bonds is 6. The summed E-state index contributed by atoms with van der Waals surface area (Å²) in [5, 5.41) is 15.8. The quantitative estimate of drug-likeness (QED) is 0.754. The summed E-state index contributed by atoms with van der Waals surface area (Å²) in [5.41, 5.74) is 1.87. The number of aryl methyl sites for hydroxylation is 1. The van der Waals surface area contributed by atoms with Gasteiger partial charge in [-0.15, -0.1) is 10.2 Å². The van der Waals surface area contributed by atoms with Crippen LogP contribution >= 0.6 is 0 Å². The fourth-order valence-corrected chi connectivity index (χ4v) is 2.21. The molecule has 3 aromatic rings. The second-order valence-electron chi connectivity index (χ2n) is 5.17. The molecule has 0 radical (unpaired) electrons. The smallest absolute Gasteiger partial charge is 0.247 e. The average Bonchev–Trinajstić information content (AvgIpc) is 3.18. The molecule has 0 fully saturated rings. The van der Waals surface area contributed by atoms with Crippen LogP contribution < -0.4 is 5.32 Å². The first-order chi connectivity index (χ1) is 10.8. The maximum atomic E-state index is 5.75. The molecule has 6 heteroatoms. The topological polar surface area (TPSA) is 68.8 Å². The van der Waals surface area contributed by atoms with Crippen molar-refractivity contribution in [3.05, 3.63) is 48.6 Å². The molecule has 6 nitrogen and oxygen atoms in total. The first-order valence-corrected chi connectivity index (χ1v) is 7.44. The summed E-state index contributed by atoms with van der Waals surface area (Å²) in [7, 11) is 0. The molecule has 0 saturated carbocycles. The van der Waals surface area contributed by atoms with Gasteiger partial charge in [0.2, 0.25) is 11.8 Å². The summed E-state index contributed by atoms with van der Waals surface area (Å²) < 4.78 is 7.66. The van der Waals surface area contributed by atoms with Crippen molar-refractivity contribution in [2.75, 3.05) is 5.32 Å². The van der Waals surface area contributed by atoms with Gasteiger partial charge in [0.05, 0.1) is 11.9 Å². The highest BCUT2D eigenvalue weighted by atomic mass is 16.4. The van der Waals surface area contributed by atoms with E-state index in [2.05, 4.69) is 27.5 Å². The van der Waals surface area contributed by atoms with Crippen LogP contribution in [-0.4, -0.2) is 20.0 Å². The molecule has 2 aromatic heterocycles. The summed E-state index contributed by atoms with van der Waals surface area (Å²) in [6, 6.07) is 9.67. The Bertz CT molecular complexity index is 719. The summed E-state index contributed by atoms with van der Waals surface area (Å²) in [6.07, 6.45) is 4.84. The van der Waals surface area contributed by atoms with Crippen LogP contribution in [0.15, 0.2) is 47.1 Å². The molecule has 1 unspecified atom stereocenters. The van der Waals surface area contributed by atoms with Crippen LogP contribution in [-0.2, 0) is 6.54 Å². The van der Waals surface area contributed by atoms with Gasteiger partial charge in [0.25, 0.3) is 0 Å². The first-order valence-electron chi connectivity index (χ1n) is 7.44. The van der Waals surface area contributed by atoms with Gasteiger partial charge in [-0.3, -0.25) is 4.68 Å². The van der Waals surface area contributed by atoms with Gasteiger partial charge in [-0.05, 0) is 25.5 Å². The van der Waals surface area contributed by atoms with Gasteiger partial charge in [-0.25, -0.2) is 0 Å². The highest BCUT2D eigenvalue weighted by Crippen LogP contribution is 2.22. The van der Waals surface area contributed by atoms with E-state index < -0.39 is 0 Å². The van der Waals surface area contributed by atoms with Gasteiger partial charge in [0.1, 0.15) is 6.04 Å². The fourth-order valence-electron chi connectivity index (χ4n) is 2.21. The predicted octanol–water partition coefficient (Wildman–Crippen LogP) is 3.52. The minimum atomic E-state index is -0.0794. The van der Waals surface area contributed by atoms with Gasteiger partial charge >= 0.3 is 0 Å². The molecule has 0 saturated heterocycles. The Morgan fingerprint density at radius 2 is 2.05 bits per heavy atom. The monoisotopic (exact) mass is 297 g/mol. The SMILES string of the molecule is CCCn1cc(NC(C)c2nnc(-c3ccccc3)o2)cn1. The molecule has 1 atom stereocenters. The van der Waals surface area contributed by atoms with Gasteiger partial charge in [0.15, 0.2) is 0 Å². The highest BCUT2D eigenvalue weighted by Gasteiger charge is 2.15. The van der Waals surface area contributed by atoms with Crippen LogP contribution in [0.3, 0.4) is 0 Å². The molecule has 3 rings (SSSR count). The van der Waals surface area contributed by atoms with Crippen LogP contribution in [0.4, 0.5) is 5.69 Å². The molecular weight excluding hydrogens is 278 g/mol. The Hall–Kier alpha value is -2.63. The summed E-state index contributed by atoms with van der Waals surface area (Å²) in [4.78, 5) is 0. The fraction of sp³-hybridized carbons (Fsp3) is 0.312. The van der Waals surface area contributed by atoms with Gasteiger partial charge in [0, 0.05) is 18.3 Å². The Labute approximate surface area is 129 Å². The van der Waals surface area contributed by atoms with Crippen molar-refractivity contribution in [2.45, 2.75) is 32.9 Å². The Morgan fingerprint density at radius 3 is 2.82 bits per heavy atom. The first kappa shape index (κ1) is 14.3. The van der Waals surface area contributed by atoms with E-state index in [1.807, 2.05) is 48.1 Å². The van der Waals surface area contributed by atoms with E-state index >= 15 is 0 Å². The summed E-state index contributed by atoms with van der Waals surface area (Å²) >= 11 is 0. The predicted molar refractivity (Wildman–Crippen MR) is 84.3 cm³/mol. The number of nitrogens with zero attached hydrogens (tertiary/aromatic N) is 4. The van der Waals surface area contributed by atoms with E-state index in [1.165, 1.54) is 0 Å². The van der Waals surface area contributed by atoms with Crippen molar-refractivity contribution in [2.24, 2.45) is 0 Å². The lowest BCUT2D eigenvalue weighted by molar-refractivity contribution is 0.485. The standard InChI is InChI=1S/C16H19N5O/c1-3-9-21-11-14(10-17-21)18-12(2)15-19-20-16(22-15)13-7-5-4-6-8-13/h4-8,10-12,18H,3,9H2,1-2H3. The van der Waals surface area contributed by atoms with Crippen molar-refractivity contribution in [3.8, 4) is 11.5 Å². The number of hydrogen-bond acceptors (Lipinski definition) is 5. The zero-order valence-corrected chi connectivity index (χ0v) is 12.7. The van der Waals surface area contributed by atoms with E-state index in [4.69, 9.17) is 4.42 Å². The molecule has 1 aromatic carbocycles. The van der Waals surface area contributed by atoms with Crippen LogP contribution in [0, 0.1) is 0 Å². The molecule has 2 heterocycles. The number of anilines is 1. The number of benzene rings is 1. The van der Waals surface area contributed by atoms with Crippen LogP contribution in [0.5, 0.6) is 0 Å². The van der Waals surface area contributed by atoms with Crippen molar-refractivity contribution in [1.82, 2.24) is 20.0 Å². The van der Waals surface area contributed by atoms with Crippen molar-refractivity contribution >= 4 is 5.69 Å². The normalized spacial score (nSPS) is 12.3. The van der Waals surface area contributed by atoms with Crippen LogP contribution in [0.1, 0.15) is 32.2 Å². The van der Waals surface area contributed by atoms with Crippen LogP contribution in [0.2, 0.25) is 0 Å². The van der Waals surface area contributed by atoms with E-state index in [0.29, 0.717) is 11.8 Å². The molecule has 0 aliphatic rings. The van der Waals surface area contributed by atoms with Gasteiger partial charge in [-0.1, -0.05) is 25.1 Å². The molecule has 22 heavy (non-hydrogen) atoms. The van der Waals surface area contributed by atoms with E-state index in [9.17, 15) is 0 Å². The molecule has 0 aliphatic carbocycles. The third-order valence-electron chi connectivity index (χ3n) is 3.30. The number of aromatic nitrogens is 4. The van der Waals surface area contributed by atoms with E-state index in [0.717, 1.165) is 24.2 Å². The maximum absolute atomic E-state index is 5.75. The van der Waals surface area contributed by atoms with E-state index in [1.54, 1.807) is 6.20 Å². The lowest BCUT2D eigenvalue weighted by Gasteiger charge is -2.08. The summed E-state index contributed by atoms with van der Waals surface area (Å²) in [5.74, 6) is 1.09. The molecule has 1 N–H and O–H groups in total. The zero-order valence-electron chi connectivity index (χ0n) is 12.7. The Kier molecular flexibility index (Phi) is 4.18. The third kappa shape index (κ3) is 3.16.